The Balaban J connectivity index is 1.59. The summed E-state index contributed by atoms with van der Waals surface area (Å²) in [7, 11) is 2.15. The molecule has 0 saturated carbocycles. The summed E-state index contributed by atoms with van der Waals surface area (Å²) in [6.45, 7) is 5.35. The van der Waals surface area contributed by atoms with E-state index in [-0.39, 0.29) is 0 Å². The van der Waals surface area contributed by atoms with E-state index in [0.717, 1.165) is 37.6 Å². The molecule has 25 heavy (non-hydrogen) atoms. The smallest absolute Gasteiger partial charge is 0.119 e. The molecule has 0 aliphatic carbocycles. The predicted molar refractivity (Wildman–Crippen MR) is 101 cm³/mol. The van der Waals surface area contributed by atoms with Crippen LogP contribution in [0.15, 0.2) is 48.5 Å². The molecule has 2 aromatic carbocycles. The van der Waals surface area contributed by atoms with Crippen molar-refractivity contribution in [1.82, 2.24) is 4.90 Å². The zero-order chi connectivity index (χ0) is 17.5. The molecule has 1 aliphatic heterocycles. The SMILES string of the molecule is CN1CCN(c2ccc(C#N)c(NCCOc3ccccc3)c2)CC1. The Morgan fingerprint density at radius 3 is 2.56 bits per heavy atom. The lowest BCUT2D eigenvalue weighted by Crippen LogP contribution is -2.44. The van der Waals surface area contributed by atoms with E-state index in [1.165, 1.54) is 5.69 Å². The minimum absolute atomic E-state index is 0.549. The van der Waals surface area contributed by atoms with Crippen molar-refractivity contribution >= 4 is 11.4 Å². The van der Waals surface area contributed by atoms with Crippen molar-refractivity contribution in [3.8, 4) is 11.8 Å². The highest BCUT2D eigenvalue weighted by molar-refractivity contribution is 5.66. The quantitative estimate of drug-likeness (QED) is 0.822. The highest BCUT2D eigenvalue weighted by Crippen LogP contribution is 2.24. The Labute approximate surface area is 149 Å². The molecule has 0 atom stereocenters. The van der Waals surface area contributed by atoms with Crippen LogP contribution in [0.5, 0.6) is 5.75 Å². The molecule has 0 radical (unpaired) electrons. The normalized spacial score (nSPS) is 14.8. The molecule has 1 N–H and O–H groups in total. The fourth-order valence-electron chi connectivity index (χ4n) is 2.91. The van der Waals surface area contributed by atoms with E-state index in [9.17, 15) is 5.26 Å². The Hall–Kier alpha value is -2.71. The summed E-state index contributed by atoms with van der Waals surface area (Å²) < 4.78 is 5.70. The lowest BCUT2D eigenvalue weighted by molar-refractivity contribution is 0.313. The molecule has 130 valence electrons. The van der Waals surface area contributed by atoms with E-state index in [4.69, 9.17) is 4.74 Å². The highest BCUT2D eigenvalue weighted by Gasteiger charge is 2.15. The van der Waals surface area contributed by atoms with E-state index in [2.05, 4.69) is 34.3 Å². The largest absolute Gasteiger partial charge is 0.492 e. The molecule has 1 heterocycles. The van der Waals surface area contributed by atoms with Gasteiger partial charge < -0.3 is 19.9 Å². The van der Waals surface area contributed by atoms with E-state index < -0.39 is 0 Å². The van der Waals surface area contributed by atoms with Crippen molar-refractivity contribution in [1.29, 1.82) is 5.26 Å². The molecule has 0 unspecified atom stereocenters. The van der Waals surface area contributed by atoms with Crippen LogP contribution in [-0.2, 0) is 0 Å². The standard InChI is InChI=1S/C20H24N4O/c1-23-10-12-24(13-11-23)18-8-7-17(16-21)20(15-18)22-9-14-25-19-5-3-2-4-6-19/h2-8,15,22H,9-14H2,1H3. The van der Waals surface area contributed by atoms with Crippen molar-refractivity contribution in [3.63, 3.8) is 0 Å². The van der Waals surface area contributed by atoms with Gasteiger partial charge in [-0.1, -0.05) is 18.2 Å². The molecule has 1 saturated heterocycles. The van der Waals surface area contributed by atoms with Gasteiger partial charge in [0.2, 0.25) is 0 Å². The number of likely N-dealkylation sites (N-methyl/N-ethyl adjacent to an activating group) is 1. The van der Waals surface area contributed by atoms with Crippen molar-refractivity contribution in [3.05, 3.63) is 54.1 Å². The molecular weight excluding hydrogens is 312 g/mol. The molecule has 3 rings (SSSR count). The maximum atomic E-state index is 9.35. The number of hydrogen-bond acceptors (Lipinski definition) is 5. The van der Waals surface area contributed by atoms with E-state index in [1.807, 2.05) is 42.5 Å². The summed E-state index contributed by atoms with van der Waals surface area (Å²) in [5.41, 5.74) is 2.70. The van der Waals surface area contributed by atoms with Crippen LogP contribution in [0.3, 0.4) is 0 Å². The van der Waals surface area contributed by atoms with Crippen LogP contribution in [0.25, 0.3) is 0 Å². The van der Waals surface area contributed by atoms with Crippen LogP contribution in [0.4, 0.5) is 11.4 Å². The number of benzene rings is 2. The molecule has 1 aliphatic rings. The molecular formula is C20H24N4O. The molecule has 5 heteroatoms. The summed E-state index contributed by atoms with van der Waals surface area (Å²) in [6.07, 6.45) is 0. The monoisotopic (exact) mass is 336 g/mol. The number of para-hydroxylation sites is 1. The third-order valence-corrected chi connectivity index (χ3v) is 4.42. The second kappa shape index (κ2) is 8.41. The van der Waals surface area contributed by atoms with Gasteiger partial charge in [0.1, 0.15) is 18.4 Å². The number of ether oxygens (including phenoxy) is 1. The first-order chi connectivity index (χ1) is 12.3. The first-order valence-electron chi connectivity index (χ1n) is 8.65. The number of nitriles is 1. The van der Waals surface area contributed by atoms with Gasteiger partial charge in [-0.3, -0.25) is 0 Å². The highest BCUT2D eigenvalue weighted by atomic mass is 16.5. The summed E-state index contributed by atoms with van der Waals surface area (Å²) in [6, 6.07) is 18.0. The second-order valence-corrected chi connectivity index (χ2v) is 6.22. The Bertz CT molecular complexity index is 718. The molecule has 0 bridgehead atoms. The lowest BCUT2D eigenvalue weighted by atomic mass is 10.1. The first kappa shape index (κ1) is 17.1. The molecule has 0 spiro atoms. The van der Waals surface area contributed by atoms with Crippen molar-refractivity contribution in [2.24, 2.45) is 0 Å². The molecule has 1 fully saturated rings. The number of anilines is 2. The number of nitrogens with one attached hydrogen (secondary N) is 1. The van der Waals surface area contributed by atoms with Gasteiger partial charge in [0, 0.05) is 38.4 Å². The zero-order valence-electron chi connectivity index (χ0n) is 14.6. The minimum atomic E-state index is 0.549. The van der Waals surface area contributed by atoms with Gasteiger partial charge in [-0.2, -0.15) is 5.26 Å². The molecule has 0 aromatic heterocycles. The van der Waals surface area contributed by atoms with Crippen LogP contribution in [0, 0.1) is 11.3 Å². The molecule has 2 aromatic rings. The van der Waals surface area contributed by atoms with Gasteiger partial charge in [0.15, 0.2) is 0 Å². The average molecular weight is 336 g/mol. The van der Waals surface area contributed by atoms with Gasteiger partial charge in [0.25, 0.3) is 0 Å². The molecule has 5 nitrogen and oxygen atoms in total. The Kier molecular flexibility index (Phi) is 5.76. The molecule has 0 amide bonds. The fourth-order valence-corrected chi connectivity index (χ4v) is 2.91. The number of piperazine rings is 1. The van der Waals surface area contributed by atoms with Crippen LogP contribution in [-0.4, -0.2) is 51.3 Å². The summed E-state index contributed by atoms with van der Waals surface area (Å²) in [5, 5.41) is 12.7. The topological polar surface area (TPSA) is 51.5 Å². The van der Waals surface area contributed by atoms with Crippen LogP contribution in [0.1, 0.15) is 5.56 Å². The van der Waals surface area contributed by atoms with Crippen LogP contribution >= 0.6 is 0 Å². The van der Waals surface area contributed by atoms with Crippen molar-refractivity contribution < 1.29 is 4.74 Å². The minimum Gasteiger partial charge on any atom is -0.492 e. The van der Waals surface area contributed by atoms with Gasteiger partial charge in [-0.15, -0.1) is 0 Å². The lowest BCUT2D eigenvalue weighted by Gasteiger charge is -2.34. The third-order valence-electron chi connectivity index (χ3n) is 4.42. The zero-order valence-corrected chi connectivity index (χ0v) is 14.6. The summed E-state index contributed by atoms with van der Waals surface area (Å²) >= 11 is 0. The Morgan fingerprint density at radius 1 is 1.08 bits per heavy atom. The number of nitrogens with zero attached hydrogens (tertiary/aromatic N) is 3. The average Bonchev–Trinajstić information content (AvgIpc) is 2.66. The van der Waals surface area contributed by atoms with E-state index in [1.54, 1.807) is 0 Å². The second-order valence-electron chi connectivity index (χ2n) is 6.22. The third kappa shape index (κ3) is 4.65. The Morgan fingerprint density at radius 2 is 1.84 bits per heavy atom. The van der Waals surface area contributed by atoms with Crippen molar-refractivity contribution in [2.45, 2.75) is 0 Å². The van der Waals surface area contributed by atoms with Gasteiger partial charge >= 0.3 is 0 Å². The van der Waals surface area contributed by atoms with Crippen LogP contribution in [0.2, 0.25) is 0 Å². The van der Waals surface area contributed by atoms with E-state index >= 15 is 0 Å². The number of rotatable bonds is 6. The predicted octanol–water partition coefficient (Wildman–Crippen LogP) is 2.80. The van der Waals surface area contributed by atoms with Gasteiger partial charge in [0.05, 0.1) is 11.3 Å². The van der Waals surface area contributed by atoms with Crippen molar-refractivity contribution in [2.75, 3.05) is 56.6 Å². The summed E-state index contributed by atoms with van der Waals surface area (Å²) in [5.74, 6) is 0.857. The van der Waals surface area contributed by atoms with Crippen LogP contribution < -0.4 is 15.0 Å². The maximum Gasteiger partial charge on any atom is 0.119 e. The summed E-state index contributed by atoms with van der Waals surface area (Å²) in [4.78, 5) is 4.70. The maximum absolute atomic E-state index is 9.35. The first-order valence-corrected chi connectivity index (χ1v) is 8.65. The van der Waals surface area contributed by atoms with Gasteiger partial charge in [-0.05, 0) is 37.4 Å². The fraction of sp³-hybridized carbons (Fsp3) is 0.350. The van der Waals surface area contributed by atoms with Gasteiger partial charge in [-0.25, -0.2) is 0 Å². The number of hydrogen-bond donors (Lipinski definition) is 1. The van der Waals surface area contributed by atoms with E-state index in [0.29, 0.717) is 18.7 Å².